The molecule has 0 saturated heterocycles. The average molecular weight is 565 g/mol. The van der Waals surface area contributed by atoms with Gasteiger partial charge < -0.3 is 18.9 Å². The molecule has 2 rings (SSSR count). The number of rotatable bonds is 18. The van der Waals surface area contributed by atoms with Crippen molar-refractivity contribution in [2.45, 2.75) is 51.4 Å². The lowest BCUT2D eigenvalue weighted by molar-refractivity contribution is -0.152. The van der Waals surface area contributed by atoms with Crippen LogP contribution in [0.1, 0.15) is 77.6 Å². The van der Waals surface area contributed by atoms with E-state index in [4.69, 9.17) is 24.2 Å². The molecule has 0 aliphatic heterocycles. The zero-order chi connectivity index (χ0) is 29.7. The van der Waals surface area contributed by atoms with Crippen molar-refractivity contribution in [1.29, 1.82) is 5.26 Å². The van der Waals surface area contributed by atoms with Crippen molar-refractivity contribution in [3.63, 3.8) is 0 Å². The fourth-order valence-electron chi connectivity index (χ4n) is 3.45. The number of hydrogen-bond acceptors (Lipinski definition) is 11. The largest absolute Gasteiger partial charge is 0.462 e. The molecular weight excluding hydrogens is 532 g/mol. The van der Waals surface area contributed by atoms with Gasteiger partial charge in [-0.3, -0.25) is 9.59 Å². The molecule has 11 heteroatoms. The van der Waals surface area contributed by atoms with Crippen LogP contribution in [0, 0.1) is 11.3 Å². The third-order valence-electron chi connectivity index (χ3n) is 5.65. The Morgan fingerprint density at radius 2 is 1.07 bits per heavy atom. The van der Waals surface area contributed by atoms with Gasteiger partial charge in [-0.05, 0) is 87.1 Å². The van der Waals surface area contributed by atoms with Gasteiger partial charge in [0.25, 0.3) is 0 Å². The Morgan fingerprint density at radius 1 is 0.610 bits per heavy atom. The second kappa shape index (κ2) is 19.3. The highest BCUT2D eigenvalue weighted by Crippen LogP contribution is 2.13. The molecule has 0 aliphatic rings. The number of carbonyl (C=O) groups excluding carboxylic acids is 5. The average Bonchev–Trinajstić information content (AvgIpc) is 2.99. The first-order valence-corrected chi connectivity index (χ1v) is 13.3. The summed E-state index contributed by atoms with van der Waals surface area (Å²) in [5, 5.41) is 8.78. The number of ether oxygens (including phenoxy) is 4. The summed E-state index contributed by atoms with van der Waals surface area (Å²) in [6.45, 7) is 0.390. The van der Waals surface area contributed by atoms with E-state index in [1.807, 2.05) is 6.07 Å². The summed E-state index contributed by atoms with van der Waals surface area (Å²) in [5.74, 6) is -1.73. The van der Waals surface area contributed by atoms with Crippen LogP contribution in [0.5, 0.6) is 0 Å². The Kier molecular flexibility index (Phi) is 15.2. The summed E-state index contributed by atoms with van der Waals surface area (Å²) in [6, 6.07) is 14.2. The zero-order valence-electron chi connectivity index (χ0n) is 22.7. The van der Waals surface area contributed by atoms with Crippen molar-refractivity contribution >= 4 is 35.6 Å². The van der Waals surface area contributed by atoms with E-state index < -0.39 is 23.9 Å². The van der Waals surface area contributed by atoms with Crippen molar-refractivity contribution in [2.24, 2.45) is 4.99 Å². The summed E-state index contributed by atoms with van der Waals surface area (Å²) >= 11 is 0. The number of esters is 4. The molecule has 0 fully saturated rings. The lowest BCUT2D eigenvalue weighted by atomic mass is 10.1. The molecule has 11 nitrogen and oxygen atoms in total. The standard InChI is InChI=1S/C30H32N2O9/c31-21-23-9-11-24(12-10-23)29(36)40-17-5-1-3-7-27(34)38-19-20-39-28(35)8-4-2-6-18-41-30(37)25-13-15-26(16-14-25)32-22-33/h9-16H,1-8,17-20H2. The van der Waals surface area contributed by atoms with Crippen molar-refractivity contribution in [3.05, 3.63) is 65.2 Å². The van der Waals surface area contributed by atoms with Gasteiger partial charge in [0.2, 0.25) is 6.08 Å². The number of nitriles is 1. The Labute approximate surface area is 238 Å². The number of carbonyl (C=O) groups is 4. The maximum absolute atomic E-state index is 12.0. The second-order valence-corrected chi connectivity index (χ2v) is 8.77. The van der Waals surface area contributed by atoms with Crippen molar-refractivity contribution in [2.75, 3.05) is 26.4 Å². The van der Waals surface area contributed by atoms with Gasteiger partial charge in [0.15, 0.2) is 0 Å². The molecule has 0 aliphatic carbocycles. The normalized spacial score (nSPS) is 10.0. The summed E-state index contributed by atoms with van der Waals surface area (Å²) < 4.78 is 20.5. The van der Waals surface area contributed by atoms with E-state index in [2.05, 4.69) is 4.99 Å². The quantitative estimate of drug-likeness (QED) is 0.0813. The number of nitrogens with zero attached hydrogens (tertiary/aromatic N) is 2. The summed E-state index contributed by atoms with van der Waals surface area (Å²) in [7, 11) is 0. The van der Waals surface area contributed by atoms with Gasteiger partial charge in [-0.2, -0.15) is 10.3 Å². The highest BCUT2D eigenvalue weighted by Gasteiger charge is 2.09. The fourth-order valence-corrected chi connectivity index (χ4v) is 3.45. The van der Waals surface area contributed by atoms with E-state index in [0.29, 0.717) is 60.9 Å². The first kappa shape index (κ1) is 32.4. The number of aliphatic imine (C=N–C) groups is 1. The molecule has 0 bridgehead atoms. The maximum atomic E-state index is 12.0. The Bertz CT molecular complexity index is 1230. The molecule has 0 N–H and O–H groups in total. The minimum atomic E-state index is -0.484. The molecule has 216 valence electrons. The first-order chi connectivity index (χ1) is 19.9. The highest BCUT2D eigenvalue weighted by molar-refractivity contribution is 5.90. The molecule has 41 heavy (non-hydrogen) atoms. The van der Waals surface area contributed by atoms with E-state index in [9.17, 15) is 24.0 Å². The zero-order valence-corrected chi connectivity index (χ0v) is 22.7. The topological polar surface area (TPSA) is 158 Å². The maximum Gasteiger partial charge on any atom is 0.338 e. The van der Waals surface area contributed by atoms with E-state index in [-0.39, 0.29) is 39.3 Å². The van der Waals surface area contributed by atoms with Gasteiger partial charge in [0.1, 0.15) is 13.2 Å². The monoisotopic (exact) mass is 564 g/mol. The Hall–Kier alpha value is -4.81. The molecule has 2 aromatic carbocycles. The van der Waals surface area contributed by atoms with Crippen LogP contribution in [0.15, 0.2) is 53.5 Å². The van der Waals surface area contributed by atoms with Gasteiger partial charge in [-0.25, -0.2) is 14.4 Å². The SMILES string of the molecule is N#Cc1ccc(C(=O)OCCCCCC(=O)OCCOC(=O)CCCCCOC(=O)c2ccc(N=C=O)cc2)cc1. The molecule has 0 spiro atoms. The van der Waals surface area contributed by atoms with Crippen LogP contribution in [-0.2, 0) is 33.3 Å². The third-order valence-corrected chi connectivity index (χ3v) is 5.65. The Morgan fingerprint density at radius 3 is 1.51 bits per heavy atom. The lowest BCUT2D eigenvalue weighted by Crippen LogP contribution is -2.14. The van der Waals surface area contributed by atoms with E-state index in [1.165, 1.54) is 42.5 Å². The van der Waals surface area contributed by atoms with Crippen LogP contribution in [0.4, 0.5) is 5.69 Å². The third kappa shape index (κ3) is 13.7. The molecule has 2 aromatic rings. The van der Waals surface area contributed by atoms with Crippen molar-refractivity contribution in [3.8, 4) is 6.07 Å². The van der Waals surface area contributed by atoms with Crippen LogP contribution in [0.3, 0.4) is 0 Å². The molecule has 0 aromatic heterocycles. The summed E-state index contributed by atoms with van der Waals surface area (Å²) in [6.07, 6.45) is 5.51. The molecule has 0 unspecified atom stereocenters. The molecule has 0 atom stereocenters. The van der Waals surface area contributed by atoms with E-state index >= 15 is 0 Å². The van der Waals surface area contributed by atoms with Gasteiger partial charge in [-0.15, -0.1) is 0 Å². The number of hydrogen-bond donors (Lipinski definition) is 0. The van der Waals surface area contributed by atoms with Crippen LogP contribution in [-0.4, -0.2) is 56.4 Å². The smallest absolute Gasteiger partial charge is 0.338 e. The molecule has 0 saturated carbocycles. The van der Waals surface area contributed by atoms with Crippen LogP contribution in [0.25, 0.3) is 0 Å². The molecule has 0 heterocycles. The van der Waals surface area contributed by atoms with Gasteiger partial charge in [0.05, 0.1) is 41.7 Å². The van der Waals surface area contributed by atoms with E-state index in [1.54, 1.807) is 12.1 Å². The van der Waals surface area contributed by atoms with Crippen LogP contribution >= 0.6 is 0 Å². The first-order valence-electron chi connectivity index (χ1n) is 13.3. The van der Waals surface area contributed by atoms with Crippen LogP contribution in [0.2, 0.25) is 0 Å². The van der Waals surface area contributed by atoms with Gasteiger partial charge in [0, 0.05) is 12.8 Å². The summed E-state index contributed by atoms with van der Waals surface area (Å²) in [4.78, 5) is 61.2. The van der Waals surface area contributed by atoms with Crippen molar-refractivity contribution in [1.82, 2.24) is 0 Å². The predicted octanol–water partition coefficient (Wildman–Crippen LogP) is 4.75. The number of unbranched alkanes of at least 4 members (excludes halogenated alkanes) is 4. The van der Waals surface area contributed by atoms with Crippen molar-refractivity contribution < 1.29 is 42.9 Å². The van der Waals surface area contributed by atoms with Crippen LogP contribution < -0.4 is 0 Å². The summed E-state index contributed by atoms with van der Waals surface area (Å²) in [5.41, 5.74) is 1.58. The lowest BCUT2D eigenvalue weighted by Gasteiger charge is -2.07. The Balaban J connectivity index is 1.40. The molecule has 0 radical (unpaired) electrons. The fraction of sp³-hybridized carbons (Fsp3) is 0.400. The number of benzene rings is 2. The predicted molar refractivity (Wildman–Crippen MR) is 145 cm³/mol. The van der Waals surface area contributed by atoms with E-state index in [0.717, 1.165) is 0 Å². The van der Waals surface area contributed by atoms with Gasteiger partial charge in [-0.1, -0.05) is 0 Å². The minimum Gasteiger partial charge on any atom is -0.462 e. The molecular formula is C30H32N2O9. The number of isocyanates is 1. The van der Waals surface area contributed by atoms with Gasteiger partial charge >= 0.3 is 23.9 Å². The second-order valence-electron chi connectivity index (χ2n) is 8.77. The minimum absolute atomic E-state index is 0.0226. The highest BCUT2D eigenvalue weighted by atomic mass is 16.6. The molecule has 0 amide bonds.